The van der Waals surface area contributed by atoms with Gasteiger partial charge < -0.3 is 11.1 Å². The van der Waals surface area contributed by atoms with Crippen molar-refractivity contribution in [3.8, 4) is 0 Å². The standard InChI is InChI=1S/C11H20N2O2/c1-7(2)11(3,4)9(14)5-8(12)6-10(13)15/h7,12H,5-6H2,1-4H3,(H2,13,15). The van der Waals surface area contributed by atoms with Crippen LogP contribution in [-0.4, -0.2) is 17.4 Å². The summed E-state index contributed by atoms with van der Waals surface area (Å²) in [5, 5.41) is 7.45. The van der Waals surface area contributed by atoms with Gasteiger partial charge >= 0.3 is 0 Å². The highest BCUT2D eigenvalue weighted by Gasteiger charge is 2.31. The van der Waals surface area contributed by atoms with Crippen LogP contribution in [-0.2, 0) is 9.59 Å². The molecule has 0 aromatic rings. The fourth-order valence-electron chi connectivity index (χ4n) is 1.02. The van der Waals surface area contributed by atoms with Gasteiger partial charge in [0.15, 0.2) is 0 Å². The first kappa shape index (κ1) is 13.8. The number of nitrogens with two attached hydrogens (primary N) is 1. The summed E-state index contributed by atoms with van der Waals surface area (Å²) in [4.78, 5) is 22.4. The normalized spacial score (nSPS) is 11.5. The number of amides is 1. The van der Waals surface area contributed by atoms with Crippen LogP contribution in [0.25, 0.3) is 0 Å². The van der Waals surface area contributed by atoms with Gasteiger partial charge in [0.25, 0.3) is 0 Å². The Labute approximate surface area is 90.7 Å². The van der Waals surface area contributed by atoms with Gasteiger partial charge in [0, 0.05) is 17.5 Å². The molecular formula is C11H20N2O2. The zero-order valence-corrected chi connectivity index (χ0v) is 9.89. The lowest BCUT2D eigenvalue weighted by molar-refractivity contribution is -0.127. The molecule has 15 heavy (non-hydrogen) atoms. The number of rotatable bonds is 6. The van der Waals surface area contributed by atoms with E-state index >= 15 is 0 Å². The summed E-state index contributed by atoms with van der Waals surface area (Å²) >= 11 is 0. The second kappa shape index (κ2) is 5.05. The van der Waals surface area contributed by atoms with E-state index in [-0.39, 0.29) is 30.3 Å². The molecule has 0 aromatic carbocycles. The van der Waals surface area contributed by atoms with Crippen molar-refractivity contribution in [3.63, 3.8) is 0 Å². The Bertz CT molecular complexity index is 280. The third-order valence-electron chi connectivity index (χ3n) is 2.92. The van der Waals surface area contributed by atoms with Crippen LogP contribution in [0.2, 0.25) is 0 Å². The molecule has 0 unspecified atom stereocenters. The minimum absolute atomic E-state index is 0.0104. The lowest BCUT2D eigenvalue weighted by atomic mass is 9.76. The van der Waals surface area contributed by atoms with Crippen LogP contribution in [0.15, 0.2) is 0 Å². The van der Waals surface area contributed by atoms with Crippen molar-refractivity contribution in [1.82, 2.24) is 0 Å². The van der Waals surface area contributed by atoms with Crippen LogP contribution in [0.1, 0.15) is 40.5 Å². The second-order valence-electron chi connectivity index (χ2n) is 4.72. The summed E-state index contributed by atoms with van der Waals surface area (Å²) in [5.41, 5.74) is 4.59. The Hall–Kier alpha value is -1.19. The molecular weight excluding hydrogens is 192 g/mol. The molecule has 0 aliphatic rings. The first-order valence-corrected chi connectivity index (χ1v) is 5.05. The van der Waals surface area contributed by atoms with E-state index in [0.29, 0.717) is 0 Å². The summed E-state index contributed by atoms with van der Waals surface area (Å²) in [6.45, 7) is 7.65. The SMILES string of the molecule is CC(C)C(C)(C)C(=O)CC(=N)CC(N)=O. The largest absolute Gasteiger partial charge is 0.369 e. The Morgan fingerprint density at radius 1 is 1.27 bits per heavy atom. The molecule has 86 valence electrons. The van der Waals surface area contributed by atoms with Crippen LogP contribution < -0.4 is 5.73 Å². The quantitative estimate of drug-likeness (QED) is 0.654. The van der Waals surface area contributed by atoms with Gasteiger partial charge in [-0.3, -0.25) is 9.59 Å². The van der Waals surface area contributed by atoms with E-state index in [1.54, 1.807) is 0 Å². The summed E-state index contributed by atoms with van der Waals surface area (Å²) in [6, 6.07) is 0. The maximum Gasteiger partial charge on any atom is 0.223 e. The molecule has 3 N–H and O–H groups in total. The van der Waals surface area contributed by atoms with Crippen LogP contribution in [0.4, 0.5) is 0 Å². The predicted molar refractivity (Wildman–Crippen MR) is 59.8 cm³/mol. The highest BCUT2D eigenvalue weighted by molar-refractivity contribution is 6.08. The second-order valence-corrected chi connectivity index (χ2v) is 4.72. The van der Waals surface area contributed by atoms with Crippen LogP contribution in [0.5, 0.6) is 0 Å². The number of carbonyl (C=O) groups excluding carboxylic acids is 2. The fourth-order valence-corrected chi connectivity index (χ4v) is 1.02. The van der Waals surface area contributed by atoms with Crippen molar-refractivity contribution in [2.45, 2.75) is 40.5 Å². The predicted octanol–water partition coefficient (Wildman–Crippen LogP) is 1.52. The smallest absolute Gasteiger partial charge is 0.223 e. The summed E-state index contributed by atoms with van der Waals surface area (Å²) < 4.78 is 0. The fraction of sp³-hybridized carbons (Fsp3) is 0.727. The molecule has 1 amide bonds. The summed E-state index contributed by atoms with van der Waals surface area (Å²) in [6.07, 6.45) is -0.103. The van der Waals surface area contributed by atoms with Gasteiger partial charge in [-0.05, 0) is 5.92 Å². The van der Waals surface area contributed by atoms with Gasteiger partial charge in [-0.1, -0.05) is 27.7 Å². The number of hydrogen-bond acceptors (Lipinski definition) is 3. The van der Waals surface area contributed by atoms with E-state index in [1.807, 2.05) is 27.7 Å². The van der Waals surface area contributed by atoms with Crippen LogP contribution in [0.3, 0.4) is 0 Å². The number of ketones is 1. The first-order valence-electron chi connectivity index (χ1n) is 5.05. The number of hydrogen-bond donors (Lipinski definition) is 2. The van der Waals surface area contributed by atoms with E-state index < -0.39 is 11.3 Å². The number of carbonyl (C=O) groups is 2. The average molecular weight is 212 g/mol. The Balaban J connectivity index is 4.37. The minimum atomic E-state index is -0.560. The first-order chi connectivity index (χ1) is 6.67. The molecule has 4 nitrogen and oxygen atoms in total. The lowest BCUT2D eigenvalue weighted by Crippen LogP contribution is -2.32. The van der Waals surface area contributed by atoms with Gasteiger partial charge in [-0.25, -0.2) is 0 Å². The van der Waals surface area contributed by atoms with Gasteiger partial charge in [0.2, 0.25) is 5.91 Å². The van der Waals surface area contributed by atoms with Crippen LogP contribution in [0, 0.1) is 16.7 Å². The zero-order valence-electron chi connectivity index (χ0n) is 9.89. The molecule has 0 aromatic heterocycles. The van der Waals surface area contributed by atoms with Crippen LogP contribution >= 0.6 is 0 Å². The third-order valence-corrected chi connectivity index (χ3v) is 2.92. The molecule has 0 atom stereocenters. The maximum atomic E-state index is 11.8. The Morgan fingerprint density at radius 3 is 2.07 bits per heavy atom. The molecule has 0 fully saturated rings. The van der Waals surface area contributed by atoms with Crippen molar-refractivity contribution >= 4 is 17.4 Å². The van der Waals surface area contributed by atoms with E-state index in [1.165, 1.54) is 0 Å². The number of nitrogens with one attached hydrogen (secondary N) is 1. The van der Waals surface area contributed by atoms with E-state index in [4.69, 9.17) is 11.1 Å². The van der Waals surface area contributed by atoms with E-state index in [0.717, 1.165) is 0 Å². The van der Waals surface area contributed by atoms with Crippen molar-refractivity contribution in [2.75, 3.05) is 0 Å². The monoisotopic (exact) mass is 212 g/mol. The summed E-state index contributed by atoms with van der Waals surface area (Å²) in [7, 11) is 0. The Kier molecular flexibility index (Phi) is 4.65. The molecule has 0 radical (unpaired) electrons. The topological polar surface area (TPSA) is 84.0 Å². The molecule has 0 heterocycles. The third kappa shape index (κ3) is 4.23. The highest BCUT2D eigenvalue weighted by atomic mass is 16.1. The molecule has 0 saturated heterocycles. The Morgan fingerprint density at radius 2 is 1.73 bits per heavy atom. The van der Waals surface area contributed by atoms with Crippen molar-refractivity contribution in [3.05, 3.63) is 0 Å². The lowest BCUT2D eigenvalue weighted by Gasteiger charge is -2.27. The van der Waals surface area contributed by atoms with Gasteiger partial charge in [-0.2, -0.15) is 0 Å². The zero-order chi connectivity index (χ0) is 12.2. The number of Topliss-reactive ketones (excluding diaryl/α,β-unsaturated/α-hetero) is 1. The van der Waals surface area contributed by atoms with Gasteiger partial charge in [-0.15, -0.1) is 0 Å². The molecule has 0 bridgehead atoms. The molecule has 4 heteroatoms. The molecule has 0 rings (SSSR count). The number of primary amides is 1. The van der Waals surface area contributed by atoms with E-state index in [9.17, 15) is 9.59 Å². The van der Waals surface area contributed by atoms with Gasteiger partial charge in [0.1, 0.15) is 5.78 Å². The molecule has 0 saturated carbocycles. The molecule has 0 aliphatic heterocycles. The molecule has 0 aliphatic carbocycles. The minimum Gasteiger partial charge on any atom is -0.369 e. The highest BCUT2D eigenvalue weighted by Crippen LogP contribution is 2.28. The maximum absolute atomic E-state index is 11.8. The summed E-state index contributed by atoms with van der Waals surface area (Å²) in [5.74, 6) is -0.356. The van der Waals surface area contributed by atoms with Crippen molar-refractivity contribution in [1.29, 1.82) is 5.41 Å². The van der Waals surface area contributed by atoms with Crippen molar-refractivity contribution < 1.29 is 9.59 Å². The molecule has 0 spiro atoms. The van der Waals surface area contributed by atoms with E-state index in [2.05, 4.69) is 0 Å². The van der Waals surface area contributed by atoms with Crippen molar-refractivity contribution in [2.24, 2.45) is 17.1 Å². The average Bonchev–Trinajstić information content (AvgIpc) is 2.01. The van der Waals surface area contributed by atoms with Gasteiger partial charge in [0.05, 0.1) is 6.42 Å².